The number of rotatable bonds is 5. The number of carbonyl (C=O) groups is 1. The van der Waals surface area contributed by atoms with Crippen LogP contribution in [0.2, 0.25) is 0 Å². The summed E-state index contributed by atoms with van der Waals surface area (Å²) in [6.45, 7) is 1.27. The summed E-state index contributed by atoms with van der Waals surface area (Å²) in [5.41, 5.74) is 3.02. The number of benzene rings is 1. The second kappa shape index (κ2) is 7.24. The normalized spacial score (nSPS) is 27.4. The lowest BCUT2D eigenvalue weighted by atomic mass is 9.88. The van der Waals surface area contributed by atoms with Gasteiger partial charge in [-0.3, -0.25) is 0 Å². The summed E-state index contributed by atoms with van der Waals surface area (Å²) in [5, 5.41) is 8.78. The first-order chi connectivity index (χ1) is 14.2. The first-order valence-electron chi connectivity index (χ1n) is 9.92. The summed E-state index contributed by atoms with van der Waals surface area (Å²) in [6.07, 6.45) is 8.34. The van der Waals surface area contributed by atoms with Crippen molar-refractivity contribution in [3.05, 3.63) is 71.1 Å². The summed E-state index contributed by atoms with van der Waals surface area (Å²) in [7, 11) is 1.71. The zero-order valence-electron chi connectivity index (χ0n) is 16.3. The fraction of sp³-hybridized carbons (Fsp3) is 0.409. The van der Waals surface area contributed by atoms with Gasteiger partial charge in [-0.25, -0.2) is 9.48 Å². The summed E-state index contributed by atoms with van der Waals surface area (Å²) in [6, 6.07) is 9.03. The molecule has 1 fully saturated rings. The number of nitrogens with zero attached hydrogens (tertiary/aromatic N) is 3. The van der Waals surface area contributed by atoms with Gasteiger partial charge in [-0.2, -0.15) is 0 Å². The van der Waals surface area contributed by atoms with Crippen LogP contribution in [0.1, 0.15) is 47.1 Å². The van der Waals surface area contributed by atoms with Gasteiger partial charge in [-0.05, 0) is 37.0 Å². The molecule has 150 valence electrons. The lowest BCUT2D eigenvalue weighted by Gasteiger charge is -2.26. The molecule has 1 aromatic heterocycles. The fourth-order valence-corrected chi connectivity index (χ4v) is 4.11. The maximum absolute atomic E-state index is 12.5. The van der Waals surface area contributed by atoms with E-state index >= 15 is 0 Å². The molecule has 0 saturated carbocycles. The third kappa shape index (κ3) is 3.41. The van der Waals surface area contributed by atoms with Crippen LogP contribution in [0.3, 0.4) is 0 Å². The molecule has 1 aromatic carbocycles. The monoisotopic (exact) mass is 393 g/mol. The largest absolute Gasteiger partial charge is 0.452 e. The lowest BCUT2D eigenvalue weighted by molar-refractivity contribution is 0.0202. The van der Waals surface area contributed by atoms with Crippen molar-refractivity contribution in [1.29, 1.82) is 0 Å². The van der Waals surface area contributed by atoms with Crippen LogP contribution in [0.15, 0.2) is 54.1 Å². The van der Waals surface area contributed by atoms with Gasteiger partial charge >= 0.3 is 5.97 Å². The topological polar surface area (TPSA) is 78.8 Å². The van der Waals surface area contributed by atoms with Crippen molar-refractivity contribution in [3.8, 4) is 0 Å². The number of aromatic nitrogens is 3. The Bertz CT molecular complexity index is 975. The van der Waals surface area contributed by atoms with Crippen LogP contribution >= 0.6 is 0 Å². The molecule has 0 amide bonds. The number of ether oxygens (including phenoxy) is 3. The van der Waals surface area contributed by atoms with E-state index in [0.717, 1.165) is 24.1 Å². The van der Waals surface area contributed by atoms with E-state index in [2.05, 4.69) is 28.5 Å². The number of fused-ring (bicyclic) bond motifs is 2. The van der Waals surface area contributed by atoms with E-state index in [4.69, 9.17) is 14.2 Å². The first-order valence-corrected chi connectivity index (χ1v) is 9.92. The predicted octanol–water partition coefficient (Wildman–Crippen LogP) is 3.10. The minimum Gasteiger partial charge on any atom is -0.452 e. The summed E-state index contributed by atoms with van der Waals surface area (Å²) in [4.78, 5) is 12.5. The van der Waals surface area contributed by atoms with Crippen LogP contribution in [-0.4, -0.2) is 40.8 Å². The van der Waals surface area contributed by atoms with Gasteiger partial charge in [0.1, 0.15) is 23.1 Å². The Kier molecular flexibility index (Phi) is 4.56. The molecule has 1 spiro atoms. The molecule has 0 bridgehead atoms. The molecule has 5 rings (SSSR count). The van der Waals surface area contributed by atoms with Crippen molar-refractivity contribution in [2.45, 2.75) is 43.6 Å². The Hall–Kier alpha value is -2.77. The maximum Gasteiger partial charge on any atom is 0.338 e. The SMILES string of the molecule is COC1C=CC(Cn2nnc3c2[C@@]2(CC[C@H]3OC(=O)c3ccccc3)CO2)=CC1. The quantitative estimate of drug-likeness (QED) is 0.574. The second-order valence-corrected chi connectivity index (χ2v) is 7.71. The van der Waals surface area contributed by atoms with E-state index in [9.17, 15) is 4.79 Å². The van der Waals surface area contributed by atoms with Gasteiger partial charge in [0.15, 0.2) is 0 Å². The highest BCUT2D eigenvalue weighted by Crippen LogP contribution is 2.51. The van der Waals surface area contributed by atoms with E-state index in [-0.39, 0.29) is 17.7 Å². The molecule has 7 heteroatoms. The van der Waals surface area contributed by atoms with Crippen molar-refractivity contribution < 1.29 is 19.0 Å². The fourth-order valence-electron chi connectivity index (χ4n) is 4.11. The van der Waals surface area contributed by atoms with E-state index in [1.807, 2.05) is 22.9 Å². The van der Waals surface area contributed by atoms with E-state index < -0.39 is 6.10 Å². The summed E-state index contributed by atoms with van der Waals surface area (Å²) >= 11 is 0. The Morgan fingerprint density at radius 3 is 2.86 bits per heavy atom. The first kappa shape index (κ1) is 18.3. The molecule has 3 aliphatic rings. The molecule has 2 aromatic rings. The second-order valence-electron chi connectivity index (χ2n) is 7.71. The molecule has 1 saturated heterocycles. The molecule has 7 nitrogen and oxygen atoms in total. The van der Waals surface area contributed by atoms with Gasteiger partial charge in [0.05, 0.1) is 24.8 Å². The van der Waals surface area contributed by atoms with Crippen molar-refractivity contribution in [1.82, 2.24) is 15.0 Å². The minimum absolute atomic E-state index is 0.128. The van der Waals surface area contributed by atoms with Crippen LogP contribution < -0.4 is 0 Å². The highest BCUT2D eigenvalue weighted by molar-refractivity contribution is 5.89. The highest BCUT2D eigenvalue weighted by Gasteiger charge is 2.55. The predicted molar refractivity (Wildman–Crippen MR) is 104 cm³/mol. The summed E-state index contributed by atoms with van der Waals surface area (Å²) in [5.74, 6) is -0.340. The number of esters is 1. The number of allylic oxidation sites excluding steroid dienone is 2. The van der Waals surface area contributed by atoms with Gasteiger partial charge in [-0.1, -0.05) is 41.6 Å². The smallest absolute Gasteiger partial charge is 0.338 e. The van der Waals surface area contributed by atoms with E-state index in [1.165, 1.54) is 0 Å². The standard InChI is InChI=1S/C22H23N3O4/c1-27-17-9-7-15(8-10-17)13-25-20-19(23-24-25)18(11-12-22(20)14-28-22)29-21(26)16-5-3-2-4-6-16/h2-9,17-18H,10-14H2,1H3/t17?,18-,22-/m1/s1. The van der Waals surface area contributed by atoms with Crippen molar-refractivity contribution in [2.75, 3.05) is 13.7 Å². The Labute approximate surface area is 168 Å². The van der Waals surface area contributed by atoms with Gasteiger partial charge < -0.3 is 14.2 Å². The summed E-state index contributed by atoms with van der Waals surface area (Å²) < 4.78 is 18.9. The molecular weight excluding hydrogens is 370 g/mol. The van der Waals surface area contributed by atoms with Crippen LogP contribution in [0.25, 0.3) is 0 Å². The van der Waals surface area contributed by atoms with Gasteiger partial charge in [0.2, 0.25) is 0 Å². The Morgan fingerprint density at radius 2 is 2.17 bits per heavy atom. The average Bonchev–Trinajstić information content (AvgIpc) is 3.41. The van der Waals surface area contributed by atoms with Gasteiger partial charge in [0.25, 0.3) is 0 Å². The average molecular weight is 393 g/mol. The molecule has 2 heterocycles. The molecule has 29 heavy (non-hydrogen) atoms. The van der Waals surface area contributed by atoms with Crippen molar-refractivity contribution >= 4 is 5.97 Å². The van der Waals surface area contributed by atoms with Crippen molar-refractivity contribution in [2.24, 2.45) is 0 Å². The van der Waals surface area contributed by atoms with E-state index in [1.54, 1.807) is 19.2 Å². The van der Waals surface area contributed by atoms with Crippen LogP contribution in [0, 0.1) is 0 Å². The van der Waals surface area contributed by atoms with Crippen LogP contribution in [-0.2, 0) is 26.4 Å². The number of hydrogen-bond donors (Lipinski definition) is 0. The van der Waals surface area contributed by atoms with E-state index in [0.29, 0.717) is 30.8 Å². The number of epoxide rings is 1. The highest BCUT2D eigenvalue weighted by atomic mass is 16.6. The number of carbonyl (C=O) groups excluding carboxylic acids is 1. The zero-order chi connectivity index (χ0) is 19.8. The number of hydrogen-bond acceptors (Lipinski definition) is 6. The molecule has 2 aliphatic carbocycles. The third-order valence-electron chi connectivity index (χ3n) is 5.83. The Morgan fingerprint density at radius 1 is 1.34 bits per heavy atom. The molecule has 0 N–H and O–H groups in total. The van der Waals surface area contributed by atoms with Crippen LogP contribution in [0.5, 0.6) is 0 Å². The lowest BCUT2D eigenvalue weighted by Crippen LogP contribution is -2.27. The van der Waals surface area contributed by atoms with Crippen LogP contribution in [0.4, 0.5) is 0 Å². The molecule has 3 atom stereocenters. The van der Waals surface area contributed by atoms with Gasteiger partial charge in [-0.15, -0.1) is 5.10 Å². The number of methoxy groups -OCH3 is 1. The van der Waals surface area contributed by atoms with Gasteiger partial charge in [0, 0.05) is 7.11 Å². The molecular formula is C22H23N3O4. The minimum atomic E-state index is -0.407. The molecule has 0 radical (unpaired) electrons. The Balaban J connectivity index is 1.38. The third-order valence-corrected chi connectivity index (χ3v) is 5.83. The zero-order valence-corrected chi connectivity index (χ0v) is 16.3. The molecule has 1 aliphatic heterocycles. The van der Waals surface area contributed by atoms with Crippen molar-refractivity contribution in [3.63, 3.8) is 0 Å². The molecule has 1 unspecified atom stereocenters. The maximum atomic E-state index is 12.5.